The summed E-state index contributed by atoms with van der Waals surface area (Å²) in [4.78, 5) is 15.4. The van der Waals surface area contributed by atoms with Crippen LogP contribution in [-0.2, 0) is 0 Å². The first-order valence-corrected chi connectivity index (χ1v) is 10.3. The summed E-state index contributed by atoms with van der Waals surface area (Å²) in [5, 5.41) is 0. The minimum Gasteiger partial charge on any atom is -0.363 e. The van der Waals surface area contributed by atoms with Gasteiger partial charge in [0.05, 0.1) is 5.54 Å². The molecule has 6 fully saturated rings. The lowest BCUT2D eigenvalue weighted by atomic mass is 9.53. The molecule has 0 aromatic rings. The molecule has 132 valence electrons. The van der Waals surface area contributed by atoms with E-state index in [9.17, 15) is 0 Å². The highest BCUT2D eigenvalue weighted by atomic mass is 15.3. The van der Waals surface area contributed by atoms with Gasteiger partial charge in [0, 0.05) is 33.1 Å². The Balaban J connectivity index is 1.48. The first-order chi connectivity index (χ1) is 11.7. The molecule has 4 heteroatoms. The maximum Gasteiger partial charge on any atom is 0.222 e. The van der Waals surface area contributed by atoms with Crippen molar-refractivity contribution in [3.05, 3.63) is 0 Å². The van der Waals surface area contributed by atoms with E-state index in [1.54, 1.807) is 0 Å². The van der Waals surface area contributed by atoms with Crippen molar-refractivity contribution in [2.24, 2.45) is 27.7 Å². The minimum absolute atomic E-state index is 0.244. The molecule has 0 N–H and O–H groups in total. The molecule has 0 aromatic carbocycles. The van der Waals surface area contributed by atoms with Crippen LogP contribution in [0.1, 0.15) is 64.2 Å². The van der Waals surface area contributed by atoms with E-state index in [4.69, 9.17) is 9.98 Å². The summed E-state index contributed by atoms with van der Waals surface area (Å²) in [6.45, 7) is 3.47. The SMILES string of the molecule is CN1CCCC1=NC(=NC12CC3CC(CC(C3)C1)C2)N1CCCC1. The predicted octanol–water partition coefficient (Wildman–Crippen LogP) is 3.53. The van der Waals surface area contributed by atoms with Crippen molar-refractivity contribution in [3.63, 3.8) is 0 Å². The quantitative estimate of drug-likeness (QED) is 0.545. The molecule has 0 aromatic heterocycles. The van der Waals surface area contributed by atoms with Crippen molar-refractivity contribution in [2.45, 2.75) is 69.7 Å². The molecule has 2 heterocycles. The zero-order valence-corrected chi connectivity index (χ0v) is 15.2. The van der Waals surface area contributed by atoms with Crippen LogP contribution in [0, 0.1) is 17.8 Å². The highest BCUT2D eigenvalue weighted by molar-refractivity contribution is 5.97. The average molecular weight is 329 g/mol. The highest BCUT2D eigenvalue weighted by Gasteiger charge is 2.51. The van der Waals surface area contributed by atoms with Crippen LogP contribution in [0.5, 0.6) is 0 Å². The van der Waals surface area contributed by atoms with Gasteiger partial charge in [-0.3, -0.25) is 0 Å². The van der Waals surface area contributed by atoms with Crippen molar-refractivity contribution in [2.75, 3.05) is 26.7 Å². The summed E-state index contributed by atoms with van der Waals surface area (Å²) in [6, 6.07) is 0. The first kappa shape index (κ1) is 15.2. The lowest BCUT2D eigenvalue weighted by Crippen LogP contribution is -2.50. The molecule has 4 aliphatic carbocycles. The minimum atomic E-state index is 0.244. The molecule has 0 unspecified atom stereocenters. The van der Waals surface area contributed by atoms with Gasteiger partial charge in [-0.2, -0.15) is 0 Å². The summed E-state index contributed by atoms with van der Waals surface area (Å²) in [7, 11) is 2.19. The van der Waals surface area contributed by atoms with Gasteiger partial charge >= 0.3 is 0 Å². The maximum atomic E-state index is 5.48. The summed E-state index contributed by atoms with van der Waals surface area (Å²) in [5.41, 5.74) is 0.244. The number of nitrogens with zero attached hydrogens (tertiary/aromatic N) is 4. The van der Waals surface area contributed by atoms with Crippen LogP contribution >= 0.6 is 0 Å². The highest BCUT2D eigenvalue weighted by Crippen LogP contribution is 2.57. The standard InChI is InChI=1S/C20H32N4/c1-23-6-4-5-18(23)21-19(24-7-2-3-8-24)22-20-12-15-9-16(13-20)11-17(10-15)14-20/h15-17H,2-14H2,1H3. The fourth-order valence-electron chi connectivity index (χ4n) is 6.55. The lowest BCUT2D eigenvalue weighted by Gasteiger charge is -2.55. The third-order valence-corrected chi connectivity index (χ3v) is 7.30. The van der Waals surface area contributed by atoms with Crippen LogP contribution in [-0.4, -0.2) is 53.8 Å². The Bertz CT molecular complexity index is 523. The third-order valence-electron chi connectivity index (χ3n) is 7.30. The van der Waals surface area contributed by atoms with E-state index in [0.717, 1.165) is 49.8 Å². The van der Waals surface area contributed by atoms with E-state index in [0.29, 0.717) is 0 Å². The Morgan fingerprint density at radius 1 is 0.917 bits per heavy atom. The Kier molecular flexibility index (Phi) is 3.64. The Hall–Kier alpha value is -1.06. The topological polar surface area (TPSA) is 31.2 Å². The second-order valence-corrected chi connectivity index (χ2v) is 9.30. The van der Waals surface area contributed by atoms with Gasteiger partial charge in [0.1, 0.15) is 5.84 Å². The molecular weight excluding hydrogens is 296 g/mol. The number of hydrogen-bond donors (Lipinski definition) is 0. The fraction of sp³-hybridized carbons (Fsp3) is 0.900. The second kappa shape index (κ2) is 5.74. The molecule has 4 bridgehead atoms. The zero-order valence-electron chi connectivity index (χ0n) is 15.2. The lowest BCUT2D eigenvalue weighted by molar-refractivity contribution is 0.00111. The van der Waals surface area contributed by atoms with Crippen molar-refractivity contribution >= 4 is 11.8 Å². The normalized spacial score (nSPS) is 43.5. The van der Waals surface area contributed by atoms with Crippen LogP contribution in [0.2, 0.25) is 0 Å². The first-order valence-electron chi connectivity index (χ1n) is 10.3. The average Bonchev–Trinajstić information content (AvgIpc) is 3.17. The summed E-state index contributed by atoms with van der Waals surface area (Å²) < 4.78 is 0. The number of likely N-dealkylation sites (tertiary alicyclic amines) is 2. The monoisotopic (exact) mass is 328 g/mol. The van der Waals surface area contributed by atoms with Gasteiger partial charge in [-0.25, -0.2) is 9.98 Å². The third kappa shape index (κ3) is 2.66. The van der Waals surface area contributed by atoms with Crippen molar-refractivity contribution in [3.8, 4) is 0 Å². The van der Waals surface area contributed by atoms with Crippen LogP contribution in [0.4, 0.5) is 0 Å². The van der Waals surface area contributed by atoms with Gasteiger partial charge in [0.15, 0.2) is 0 Å². The van der Waals surface area contributed by atoms with Gasteiger partial charge in [-0.15, -0.1) is 0 Å². The van der Waals surface area contributed by atoms with Crippen LogP contribution < -0.4 is 0 Å². The zero-order chi connectivity index (χ0) is 16.1. The molecule has 6 aliphatic rings. The van der Waals surface area contributed by atoms with E-state index in [1.807, 2.05) is 0 Å². The number of rotatable bonds is 1. The summed E-state index contributed by atoms with van der Waals surface area (Å²) in [6.07, 6.45) is 13.5. The fourth-order valence-corrected chi connectivity index (χ4v) is 6.55. The van der Waals surface area contributed by atoms with Crippen LogP contribution in [0.3, 0.4) is 0 Å². The van der Waals surface area contributed by atoms with Crippen LogP contribution in [0.25, 0.3) is 0 Å². The molecule has 0 spiro atoms. The Morgan fingerprint density at radius 3 is 2.08 bits per heavy atom. The van der Waals surface area contributed by atoms with E-state index in [1.165, 1.54) is 63.6 Å². The molecule has 0 radical (unpaired) electrons. The molecule has 2 saturated heterocycles. The Labute approximate surface area is 146 Å². The van der Waals surface area contributed by atoms with Crippen molar-refractivity contribution in [1.82, 2.24) is 9.80 Å². The van der Waals surface area contributed by atoms with E-state index >= 15 is 0 Å². The summed E-state index contributed by atoms with van der Waals surface area (Å²) >= 11 is 0. The number of aliphatic imine (C=N–C) groups is 2. The smallest absolute Gasteiger partial charge is 0.222 e. The Morgan fingerprint density at radius 2 is 1.54 bits per heavy atom. The van der Waals surface area contributed by atoms with Crippen LogP contribution in [0.15, 0.2) is 9.98 Å². The second-order valence-electron chi connectivity index (χ2n) is 9.30. The number of guanidine groups is 1. The number of hydrogen-bond acceptors (Lipinski definition) is 1. The molecule has 4 saturated carbocycles. The molecule has 24 heavy (non-hydrogen) atoms. The maximum absolute atomic E-state index is 5.48. The van der Waals surface area contributed by atoms with Gasteiger partial charge in [0.2, 0.25) is 5.96 Å². The van der Waals surface area contributed by atoms with E-state index < -0.39 is 0 Å². The molecule has 6 rings (SSSR count). The molecule has 0 amide bonds. The largest absolute Gasteiger partial charge is 0.363 e. The number of amidine groups is 1. The van der Waals surface area contributed by atoms with Gasteiger partial charge in [-0.05, 0) is 75.5 Å². The molecule has 4 nitrogen and oxygen atoms in total. The molecule has 2 aliphatic heterocycles. The van der Waals surface area contributed by atoms with Gasteiger partial charge in [0.25, 0.3) is 0 Å². The van der Waals surface area contributed by atoms with E-state index in [2.05, 4.69) is 16.8 Å². The van der Waals surface area contributed by atoms with E-state index in [-0.39, 0.29) is 5.54 Å². The van der Waals surface area contributed by atoms with Crippen molar-refractivity contribution in [1.29, 1.82) is 0 Å². The predicted molar refractivity (Wildman–Crippen MR) is 98.4 cm³/mol. The van der Waals surface area contributed by atoms with Gasteiger partial charge in [-0.1, -0.05) is 0 Å². The summed E-state index contributed by atoms with van der Waals surface area (Å²) in [5.74, 6) is 5.24. The molecular formula is C20H32N4. The molecule has 0 atom stereocenters. The van der Waals surface area contributed by atoms with Crippen molar-refractivity contribution < 1.29 is 0 Å². The van der Waals surface area contributed by atoms with Gasteiger partial charge < -0.3 is 9.80 Å².